The maximum Gasteiger partial charge on any atom is 0.249 e. The van der Waals surface area contributed by atoms with E-state index in [1.165, 1.54) is 13.2 Å². The Labute approximate surface area is 192 Å². The van der Waals surface area contributed by atoms with Gasteiger partial charge in [0.1, 0.15) is 23.1 Å². The first-order valence-electron chi connectivity index (χ1n) is 10.6. The Kier molecular flexibility index (Phi) is 5.13. The molecule has 0 bridgehead atoms. The van der Waals surface area contributed by atoms with Crippen LogP contribution < -0.4 is 25.4 Å². The number of amides is 1. The van der Waals surface area contributed by atoms with Crippen molar-refractivity contribution in [2.45, 2.75) is 17.4 Å². The van der Waals surface area contributed by atoms with Gasteiger partial charge >= 0.3 is 0 Å². The molecule has 2 saturated heterocycles. The molecule has 33 heavy (non-hydrogen) atoms. The van der Waals surface area contributed by atoms with Crippen molar-refractivity contribution in [3.8, 4) is 5.75 Å². The van der Waals surface area contributed by atoms with Crippen molar-refractivity contribution in [2.24, 2.45) is 10.1 Å². The van der Waals surface area contributed by atoms with Gasteiger partial charge in [0, 0.05) is 36.1 Å². The zero-order valence-corrected chi connectivity index (χ0v) is 19.1. The van der Waals surface area contributed by atoms with Gasteiger partial charge in [0.2, 0.25) is 15.9 Å². The lowest BCUT2D eigenvalue weighted by Gasteiger charge is -2.49. The van der Waals surface area contributed by atoms with Crippen LogP contribution in [0, 0.1) is 0 Å². The predicted octanol–water partition coefficient (Wildman–Crippen LogP) is -0.0217. The number of para-hydroxylation sites is 1. The molecule has 2 N–H and O–H groups in total. The molecule has 172 valence electrons. The Balaban J connectivity index is 1.54. The molecule has 2 aromatic carbocycles. The first-order valence-corrected chi connectivity index (χ1v) is 12.2. The van der Waals surface area contributed by atoms with Crippen molar-refractivity contribution < 1.29 is 17.9 Å². The van der Waals surface area contributed by atoms with Crippen molar-refractivity contribution >= 4 is 27.4 Å². The topological polar surface area (TPSA) is 109 Å². The lowest BCUT2D eigenvalue weighted by Crippen LogP contribution is -2.62. The van der Waals surface area contributed by atoms with Gasteiger partial charge < -0.3 is 19.4 Å². The van der Waals surface area contributed by atoms with Gasteiger partial charge in [-0.2, -0.15) is 0 Å². The molecule has 2 aromatic rings. The van der Waals surface area contributed by atoms with E-state index in [1.807, 2.05) is 34.1 Å². The fourth-order valence-electron chi connectivity index (χ4n) is 4.60. The minimum Gasteiger partial charge on any atom is -0.495 e. The van der Waals surface area contributed by atoms with E-state index in [0.29, 0.717) is 44.0 Å². The molecule has 9 nitrogen and oxygen atoms in total. The minimum absolute atomic E-state index is 0.0356. The molecule has 0 radical (unpaired) electrons. The first-order chi connectivity index (χ1) is 15.8. The Hall–Kier alpha value is -3.37. The second kappa shape index (κ2) is 7.89. The average Bonchev–Trinajstić information content (AvgIpc) is 3.10. The monoisotopic (exact) mass is 467 g/mol. The molecule has 2 fully saturated rings. The van der Waals surface area contributed by atoms with Gasteiger partial charge in [-0.05, 0) is 36.8 Å². The van der Waals surface area contributed by atoms with Crippen molar-refractivity contribution in [2.75, 3.05) is 38.3 Å². The number of hydrogen-bond donors (Lipinski definition) is 1. The number of nitrogens with two attached hydrogens (primary N) is 1. The molecular weight excluding hydrogens is 442 g/mol. The van der Waals surface area contributed by atoms with Crippen LogP contribution in [0.5, 0.6) is 5.75 Å². The van der Waals surface area contributed by atoms with Crippen LogP contribution in [-0.2, 0) is 14.8 Å². The van der Waals surface area contributed by atoms with Crippen LogP contribution in [0.15, 0.2) is 64.5 Å². The summed E-state index contributed by atoms with van der Waals surface area (Å²) in [6.07, 6.45) is 0.710. The summed E-state index contributed by atoms with van der Waals surface area (Å²) in [5.41, 5.74) is 1.31. The molecule has 0 unspecified atom stereocenters. The van der Waals surface area contributed by atoms with Crippen LogP contribution in [-0.4, -0.2) is 63.6 Å². The van der Waals surface area contributed by atoms with Crippen LogP contribution in [0.1, 0.15) is 6.42 Å². The zero-order chi connectivity index (χ0) is 23.3. The highest BCUT2D eigenvalue weighted by Crippen LogP contribution is 2.33. The zero-order valence-electron chi connectivity index (χ0n) is 18.3. The van der Waals surface area contributed by atoms with Gasteiger partial charge in [-0.25, -0.2) is 13.6 Å². The number of methoxy groups -OCH3 is 1. The highest BCUT2D eigenvalue weighted by molar-refractivity contribution is 7.89. The fraction of sp³-hybridized carbons (Fsp3) is 0.304. The molecule has 0 atom stereocenters. The standard InChI is InChI=1S/C23H25N5O4S/c1-15-9-10-27(23(15)29)17-12-26(13-17)22-18-5-3-4-6-19(18)25-14-28(22)16-7-8-20(32-2)21(11-16)33(24,30)31/h3-8,11,17H,1,9-10,12-14H2,2H3,(H2,24,30,31). The predicted molar refractivity (Wildman–Crippen MR) is 123 cm³/mol. The van der Waals surface area contributed by atoms with E-state index in [1.54, 1.807) is 12.1 Å². The molecule has 0 aromatic heterocycles. The Morgan fingerprint density at radius 2 is 1.94 bits per heavy atom. The van der Waals surface area contributed by atoms with E-state index in [-0.39, 0.29) is 22.6 Å². The molecular formula is C23H25N5O4S. The summed E-state index contributed by atoms with van der Waals surface area (Å²) in [5, 5.41) is 7.27. The number of nitrogens with zero attached hydrogens (tertiary/aromatic N) is 4. The van der Waals surface area contributed by atoms with Crippen molar-refractivity contribution in [1.29, 1.82) is 0 Å². The highest BCUT2D eigenvalue weighted by atomic mass is 32.2. The van der Waals surface area contributed by atoms with Gasteiger partial charge in [-0.1, -0.05) is 18.7 Å². The summed E-state index contributed by atoms with van der Waals surface area (Å²) < 4.78 is 29.5. The molecule has 3 heterocycles. The third-order valence-corrected chi connectivity index (χ3v) is 7.30. The Bertz CT molecular complexity index is 1380. The molecule has 1 amide bonds. The number of primary sulfonamides is 1. The van der Waals surface area contributed by atoms with Crippen molar-refractivity contribution in [3.05, 3.63) is 65.2 Å². The van der Waals surface area contributed by atoms with Crippen LogP contribution in [0.25, 0.3) is 5.82 Å². The smallest absolute Gasteiger partial charge is 0.249 e. The number of anilines is 1. The van der Waals surface area contributed by atoms with Gasteiger partial charge in [0.25, 0.3) is 0 Å². The van der Waals surface area contributed by atoms with Crippen molar-refractivity contribution in [3.63, 3.8) is 0 Å². The average molecular weight is 468 g/mol. The number of carbonyl (C=O) groups excluding carboxylic acids is 1. The van der Waals surface area contributed by atoms with E-state index < -0.39 is 10.0 Å². The van der Waals surface area contributed by atoms with E-state index in [9.17, 15) is 13.2 Å². The van der Waals surface area contributed by atoms with Gasteiger partial charge in [-0.15, -0.1) is 0 Å². The van der Waals surface area contributed by atoms with Gasteiger partial charge in [0.15, 0.2) is 0 Å². The Morgan fingerprint density at radius 1 is 1.18 bits per heavy atom. The summed E-state index contributed by atoms with van der Waals surface area (Å²) in [5.74, 6) is 1.15. The number of hydrogen-bond acceptors (Lipinski definition) is 7. The van der Waals surface area contributed by atoms with Crippen LogP contribution in [0.3, 0.4) is 0 Å². The summed E-state index contributed by atoms with van der Waals surface area (Å²) in [6.45, 7) is 6.24. The lowest BCUT2D eigenvalue weighted by molar-refractivity contribution is -0.129. The Morgan fingerprint density at radius 3 is 2.61 bits per heavy atom. The number of rotatable bonds is 5. The third-order valence-electron chi connectivity index (χ3n) is 6.37. The van der Waals surface area contributed by atoms with Gasteiger partial charge in [0.05, 0.1) is 18.5 Å². The SMILES string of the molecule is C=C1CCN(C2CN(C3=c4ccccc4=NCN3c3ccc(OC)c(S(N)(=O)=O)c3)C2)C1=O. The number of sulfonamides is 1. The molecule has 5 rings (SSSR count). The molecule has 3 aliphatic rings. The van der Waals surface area contributed by atoms with Gasteiger partial charge in [-0.3, -0.25) is 9.79 Å². The lowest BCUT2D eigenvalue weighted by atomic mass is 10.1. The largest absolute Gasteiger partial charge is 0.495 e. The maximum absolute atomic E-state index is 12.4. The summed E-state index contributed by atoms with van der Waals surface area (Å²) in [6, 6.07) is 12.9. The summed E-state index contributed by atoms with van der Waals surface area (Å²) in [4.78, 5) is 23.1. The van der Waals surface area contributed by atoms with E-state index in [0.717, 1.165) is 16.4 Å². The van der Waals surface area contributed by atoms with E-state index in [2.05, 4.69) is 16.5 Å². The normalized spacial score (nSPS) is 18.8. The summed E-state index contributed by atoms with van der Waals surface area (Å²) in [7, 11) is -2.58. The number of ether oxygens (including phenoxy) is 1. The second-order valence-electron chi connectivity index (χ2n) is 8.36. The van der Waals surface area contributed by atoms with Crippen molar-refractivity contribution in [1.82, 2.24) is 9.80 Å². The molecule has 0 spiro atoms. The third kappa shape index (κ3) is 3.65. The quantitative estimate of drug-likeness (QED) is 0.619. The van der Waals surface area contributed by atoms with Crippen LogP contribution in [0.4, 0.5) is 5.69 Å². The van der Waals surface area contributed by atoms with E-state index in [4.69, 9.17) is 9.88 Å². The molecule has 10 heteroatoms. The number of likely N-dealkylation sites (tertiary alicyclic amines) is 2. The number of carbonyl (C=O) groups is 1. The highest BCUT2D eigenvalue weighted by Gasteiger charge is 2.40. The van der Waals surface area contributed by atoms with Crippen LogP contribution >= 0.6 is 0 Å². The fourth-order valence-corrected chi connectivity index (χ4v) is 5.32. The molecule has 0 saturated carbocycles. The maximum atomic E-state index is 12.4. The number of benzene rings is 2. The number of fused-ring (bicyclic) bond motifs is 1. The molecule has 3 aliphatic heterocycles. The second-order valence-corrected chi connectivity index (χ2v) is 9.89. The molecule has 0 aliphatic carbocycles. The summed E-state index contributed by atoms with van der Waals surface area (Å²) >= 11 is 0. The van der Waals surface area contributed by atoms with E-state index >= 15 is 0 Å². The minimum atomic E-state index is -3.99. The van der Waals surface area contributed by atoms with Crippen LogP contribution in [0.2, 0.25) is 0 Å². The first kappa shape index (κ1) is 21.5.